The van der Waals surface area contributed by atoms with Crippen molar-refractivity contribution in [1.82, 2.24) is 20.4 Å². The van der Waals surface area contributed by atoms with E-state index >= 15 is 0 Å². The fraction of sp³-hybridized carbons (Fsp3) is 0.0769. The lowest BCUT2D eigenvalue weighted by Crippen LogP contribution is -2.29. The zero-order chi connectivity index (χ0) is 12.4. The maximum atomic E-state index is 5.65. The largest absolute Gasteiger partial charge is 0.347 e. The van der Waals surface area contributed by atoms with Crippen LogP contribution in [0.4, 0.5) is 0 Å². The van der Waals surface area contributed by atoms with Gasteiger partial charge in [-0.3, -0.25) is 10.8 Å². The number of fused-ring (bicyclic) bond motifs is 1. The van der Waals surface area contributed by atoms with Crippen LogP contribution in [0.2, 0.25) is 0 Å². The standard InChI is InChI=1S/C13H13N5/c14-18-12(13-16-7-8-17-13)10-5-1-3-9-4-2-6-15-11(9)10/h1-8,12,18H,14H2,(H,16,17). The number of aromatic amines is 1. The number of rotatable bonds is 3. The second-order valence-corrected chi connectivity index (χ2v) is 4.00. The van der Waals surface area contributed by atoms with Gasteiger partial charge in [0.1, 0.15) is 11.9 Å². The Balaban J connectivity index is 2.18. The summed E-state index contributed by atoms with van der Waals surface area (Å²) in [5, 5.41) is 1.09. The topological polar surface area (TPSA) is 79.6 Å². The predicted molar refractivity (Wildman–Crippen MR) is 69.5 cm³/mol. The van der Waals surface area contributed by atoms with Gasteiger partial charge in [-0.25, -0.2) is 10.4 Å². The summed E-state index contributed by atoms with van der Waals surface area (Å²) in [6.07, 6.45) is 5.26. The molecule has 0 aliphatic heterocycles. The first-order valence-electron chi connectivity index (χ1n) is 5.69. The Morgan fingerprint density at radius 2 is 2.00 bits per heavy atom. The third kappa shape index (κ3) is 1.75. The highest BCUT2D eigenvalue weighted by molar-refractivity contribution is 5.82. The van der Waals surface area contributed by atoms with Gasteiger partial charge in [0.15, 0.2) is 0 Å². The normalized spacial score (nSPS) is 12.7. The maximum absolute atomic E-state index is 5.65. The quantitative estimate of drug-likeness (QED) is 0.478. The van der Waals surface area contributed by atoms with Crippen LogP contribution < -0.4 is 11.3 Å². The molecule has 2 heterocycles. The Morgan fingerprint density at radius 3 is 2.78 bits per heavy atom. The van der Waals surface area contributed by atoms with Crippen molar-refractivity contribution in [1.29, 1.82) is 0 Å². The Bertz CT molecular complexity index is 642. The highest BCUT2D eigenvalue weighted by Crippen LogP contribution is 2.25. The predicted octanol–water partition coefficient (Wildman–Crippen LogP) is 1.51. The Hall–Kier alpha value is -2.24. The van der Waals surface area contributed by atoms with Crippen molar-refractivity contribution >= 4 is 10.9 Å². The number of nitrogens with two attached hydrogens (primary N) is 1. The molecule has 5 nitrogen and oxygen atoms in total. The van der Waals surface area contributed by atoms with E-state index in [4.69, 9.17) is 5.84 Å². The average molecular weight is 239 g/mol. The molecule has 1 aromatic carbocycles. The molecule has 90 valence electrons. The lowest BCUT2D eigenvalue weighted by molar-refractivity contribution is 0.611. The summed E-state index contributed by atoms with van der Waals surface area (Å²) in [7, 11) is 0. The molecule has 18 heavy (non-hydrogen) atoms. The van der Waals surface area contributed by atoms with Crippen molar-refractivity contribution in [3.05, 3.63) is 60.3 Å². The summed E-state index contributed by atoms with van der Waals surface area (Å²) in [5.74, 6) is 6.42. The molecule has 0 saturated heterocycles. The van der Waals surface area contributed by atoms with Gasteiger partial charge in [-0.05, 0) is 6.07 Å². The van der Waals surface area contributed by atoms with Crippen molar-refractivity contribution in [2.75, 3.05) is 0 Å². The van der Waals surface area contributed by atoms with E-state index in [1.54, 1.807) is 18.6 Å². The van der Waals surface area contributed by atoms with Crippen LogP contribution in [0.15, 0.2) is 48.9 Å². The molecule has 5 heteroatoms. The van der Waals surface area contributed by atoms with Gasteiger partial charge in [-0.1, -0.05) is 24.3 Å². The summed E-state index contributed by atoms with van der Waals surface area (Å²) in [4.78, 5) is 11.7. The van der Waals surface area contributed by atoms with Crippen molar-refractivity contribution in [3.63, 3.8) is 0 Å². The van der Waals surface area contributed by atoms with E-state index in [0.29, 0.717) is 0 Å². The first-order chi connectivity index (χ1) is 8.90. The second kappa shape index (κ2) is 4.56. The van der Waals surface area contributed by atoms with Crippen LogP contribution in [0.25, 0.3) is 10.9 Å². The van der Waals surface area contributed by atoms with E-state index in [2.05, 4.69) is 20.4 Å². The highest BCUT2D eigenvalue weighted by Gasteiger charge is 2.17. The van der Waals surface area contributed by atoms with Gasteiger partial charge in [0.05, 0.1) is 5.52 Å². The number of aromatic nitrogens is 3. The summed E-state index contributed by atoms with van der Waals surface area (Å²) < 4.78 is 0. The minimum atomic E-state index is -0.196. The van der Waals surface area contributed by atoms with Crippen LogP contribution in [-0.4, -0.2) is 15.0 Å². The first-order valence-corrected chi connectivity index (χ1v) is 5.69. The minimum absolute atomic E-state index is 0.196. The average Bonchev–Trinajstić information content (AvgIpc) is 2.94. The fourth-order valence-corrected chi connectivity index (χ4v) is 2.11. The lowest BCUT2D eigenvalue weighted by atomic mass is 10.0. The molecular formula is C13H13N5. The number of hydrogen-bond acceptors (Lipinski definition) is 4. The van der Waals surface area contributed by atoms with Crippen molar-refractivity contribution in [2.45, 2.75) is 6.04 Å². The van der Waals surface area contributed by atoms with Crippen LogP contribution in [0, 0.1) is 0 Å². The van der Waals surface area contributed by atoms with E-state index in [1.165, 1.54) is 0 Å². The molecule has 1 atom stereocenters. The van der Waals surface area contributed by atoms with E-state index in [9.17, 15) is 0 Å². The fourth-order valence-electron chi connectivity index (χ4n) is 2.11. The van der Waals surface area contributed by atoms with Crippen LogP contribution in [0.1, 0.15) is 17.4 Å². The molecule has 0 fully saturated rings. The monoisotopic (exact) mass is 239 g/mol. The Labute approximate surface area is 104 Å². The Morgan fingerprint density at radius 1 is 1.11 bits per heavy atom. The third-order valence-corrected chi connectivity index (χ3v) is 2.93. The van der Waals surface area contributed by atoms with Crippen LogP contribution >= 0.6 is 0 Å². The van der Waals surface area contributed by atoms with Gasteiger partial charge in [0, 0.05) is 29.5 Å². The molecule has 0 aliphatic rings. The van der Waals surface area contributed by atoms with Crippen molar-refractivity contribution in [2.24, 2.45) is 5.84 Å². The lowest BCUT2D eigenvalue weighted by Gasteiger charge is -2.15. The molecule has 0 radical (unpaired) electrons. The molecule has 0 amide bonds. The zero-order valence-electron chi connectivity index (χ0n) is 9.67. The molecule has 0 aliphatic carbocycles. The molecule has 3 rings (SSSR count). The highest BCUT2D eigenvalue weighted by atomic mass is 15.2. The molecule has 4 N–H and O–H groups in total. The number of para-hydroxylation sites is 1. The van der Waals surface area contributed by atoms with E-state index in [1.807, 2.05) is 30.3 Å². The molecule has 3 aromatic rings. The molecule has 0 spiro atoms. The summed E-state index contributed by atoms with van der Waals surface area (Å²) >= 11 is 0. The van der Waals surface area contributed by atoms with Gasteiger partial charge < -0.3 is 4.98 Å². The van der Waals surface area contributed by atoms with E-state index in [0.717, 1.165) is 22.3 Å². The molecule has 0 bridgehead atoms. The van der Waals surface area contributed by atoms with Crippen LogP contribution in [-0.2, 0) is 0 Å². The molecular weight excluding hydrogens is 226 g/mol. The minimum Gasteiger partial charge on any atom is -0.347 e. The van der Waals surface area contributed by atoms with Crippen LogP contribution in [0.5, 0.6) is 0 Å². The van der Waals surface area contributed by atoms with Gasteiger partial charge in [-0.15, -0.1) is 0 Å². The van der Waals surface area contributed by atoms with E-state index < -0.39 is 0 Å². The van der Waals surface area contributed by atoms with Crippen molar-refractivity contribution < 1.29 is 0 Å². The summed E-state index contributed by atoms with van der Waals surface area (Å²) in [5.41, 5.74) is 4.71. The number of benzene rings is 1. The first kappa shape index (κ1) is 10.9. The number of nitrogens with zero attached hydrogens (tertiary/aromatic N) is 2. The summed E-state index contributed by atoms with van der Waals surface area (Å²) in [6.45, 7) is 0. The smallest absolute Gasteiger partial charge is 0.129 e. The summed E-state index contributed by atoms with van der Waals surface area (Å²) in [6, 6.07) is 9.78. The maximum Gasteiger partial charge on any atom is 0.129 e. The van der Waals surface area contributed by atoms with Crippen LogP contribution in [0.3, 0.4) is 0 Å². The van der Waals surface area contributed by atoms with Gasteiger partial charge in [-0.2, -0.15) is 0 Å². The van der Waals surface area contributed by atoms with Gasteiger partial charge >= 0.3 is 0 Å². The van der Waals surface area contributed by atoms with Gasteiger partial charge in [0.25, 0.3) is 0 Å². The number of pyridine rings is 1. The number of hydrogen-bond donors (Lipinski definition) is 3. The molecule has 0 saturated carbocycles. The van der Waals surface area contributed by atoms with Crippen molar-refractivity contribution in [3.8, 4) is 0 Å². The number of imidazole rings is 1. The number of H-pyrrole nitrogens is 1. The third-order valence-electron chi connectivity index (χ3n) is 2.93. The van der Waals surface area contributed by atoms with Gasteiger partial charge in [0.2, 0.25) is 0 Å². The second-order valence-electron chi connectivity index (χ2n) is 4.00. The number of hydrazine groups is 1. The number of nitrogens with one attached hydrogen (secondary N) is 2. The molecule has 2 aromatic heterocycles. The van der Waals surface area contributed by atoms with E-state index in [-0.39, 0.29) is 6.04 Å². The molecule has 1 unspecified atom stereocenters. The zero-order valence-corrected chi connectivity index (χ0v) is 9.67. The Kier molecular flexibility index (Phi) is 2.76. The SMILES string of the molecule is NNC(c1ncc[nH]1)c1cccc2cccnc12.